The highest BCUT2D eigenvalue weighted by Crippen LogP contribution is 2.19. The molecule has 0 radical (unpaired) electrons. The van der Waals surface area contributed by atoms with E-state index in [0.717, 1.165) is 51.3 Å². The van der Waals surface area contributed by atoms with E-state index in [1.54, 1.807) is 0 Å². The summed E-state index contributed by atoms with van der Waals surface area (Å²) in [5, 5.41) is 2.98. The molecule has 0 saturated carbocycles. The van der Waals surface area contributed by atoms with Gasteiger partial charge in [0, 0.05) is 32.7 Å². The van der Waals surface area contributed by atoms with E-state index in [1.807, 2.05) is 12.1 Å². The van der Waals surface area contributed by atoms with Crippen LogP contribution in [0.1, 0.15) is 24.0 Å². The van der Waals surface area contributed by atoms with Gasteiger partial charge in [0.25, 0.3) is 0 Å². The van der Waals surface area contributed by atoms with Gasteiger partial charge in [0.05, 0.1) is 19.3 Å². The number of rotatable bonds is 6. The first-order valence-electron chi connectivity index (χ1n) is 8.76. The third-order valence-electron chi connectivity index (χ3n) is 4.63. The van der Waals surface area contributed by atoms with Gasteiger partial charge in [-0.15, -0.1) is 0 Å². The number of nitrogens with one attached hydrogen (secondary N) is 1. The van der Waals surface area contributed by atoms with Crippen LogP contribution in [0, 0.1) is 0 Å². The second-order valence-corrected chi connectivity index (χ2v) is 6.49. The van der Waals surface area contributed by atoms with Gasteiger partial charge in [-0.1, -0.05) is 24.3 Å². The molecule has 3 rings (SSSR count). The van der Waals surface area contributed by atoms with Crippen LogP contribution >= 0.6 is 0 Å². The van der Waals surface area contributed by atoms with Gasteiger partial charge < -0.3 is 20.5 Å². The average molecular weight is 333 g/mol. The molecule has 0 spiro atoms. The lowest BCUT2D eigenvalue weighted by atomic mass is 10.1. The van der Waals surface area contributed by atoms with Crippen LogP contribution in [-0.4, -0.2) is 55.9 Å². The van der Waals surface area contributed by atoms with E-state index in [9.17, 15) is 4.79 Å². The van der Waals surface area contributed by atoms with Crippen LogP contribution in [0.2, 0.25) is 0 Å². The summed E-state index contributed by atoms with van der Waals surface area (Å²) in [6, 6.07) is 8.38. The van der Waals surface area contributed by atoms with Crippen molar-refractivity contribution in [2.45, 2.75) is 38.1 Å². The number of carbonyl (C=O) groups excluding carboxylic acids is 1. The number of nitrogens with two attached hydrogens (primary N) is 1. The largest absolute Gasteiger partial charge is 0.379 e. The molecule has 6 heteroatoms. The zero-order chi connectivity index (χ0) is 16.8. The van der Waals surface area contributed by atoms with Crippen LogP contribution in [-0.2, 0) is 27.4 Å². The first kappa shape index (κ1) is 17.4. The molecule has 2 saturated heterocycles. The normalized spacial score (nSPS) is 24.9. The number of morpholine rings is 1. The van der Waals surface area contributed by atoms with Gasteiger partial charge in [-0.25, -0.2) is 0 Å². The Morgan fingerprint density at radius 3 is 2.79 bits per heavy atom. The number of nitrogens with zero attached hydrogens (tertiary/aromatic N) is 1. The molecule has 0 aromatic heterocycles. The molecule has 2 heterocycles. The summed E-state index contributed by atoms with van der Waals surface area (Å²) in [6.45, 7) is 5.50. The standard InChI is InChI=1S/C18H27N3O3/c19-11-16-4-5-17(24-16)18(22)20-12-14-2-1-3-15(10-14)13-21-6-8-23-9-7-21/h1-3,10,16-17H,4-9,11-13,19H2,(H,20,22)/t16-,17+/m1/s1. The Morgan fingerprint density at radius 1 is 1.25 bits per heavy atom. The molecule has 6 nitrogen and oxygen atoms in total. The van der Waals surface area contributed by atoms with Crippen molar-refractivity contribution in [3.8, 4) is 0 Å². The van der Waals surface area contributed by atoms with Gasteiger partial charge in [-0.3, -0.25) is 9.69 Å². The maximum Gasteiger partial charge on any atom is 0.249 e. The van der Waals surface area contributed by atoms with Crippen molar-refractivity contribution >= 4 is 5.91 Å². The molecule has 3 N–H and O–H groups in total. The number of ether oxygens (including phenoxy) is 2. The van der Waals surface area contributed by atoms with Crippen LogP contribution in [0.4, 0.5) is 0 Å². The minimum Gasteiger partial charge on any atom is -0.379 e. The predicted molar refractivity (Wildman–Crippen MR) is 91.3 cm³/mol. The molecule has 0 aliphatic carbocycles. The minimum absolute atomic E-state index is 0.0256. The third-order valence-corrected chi connectivity index (χ3v) is 4.63. The Hall–Kier alpha value is -1.47. The number of hydrogen-bond acceptors (Lipinski definition) is 5. The van der Waals surface area contributed by atoms with E-state index in [1.165, 1.54) is 5.56 Å². The number of amides is 1. The summed E-state index contributed by atoms with van der Waals surface area (Å²) in [5.74, 6) is -0.0375. The van der Waals surface area contributed by atoms with Crippen molar-refractivity contribution in [2.24, 2.45) is 5.73 Å². The molecule has 2 aliphatic rings. The van der Waals surface area contributed by atoms with E-state index < -0.39 is 0 Å². The summed E-state index contributed by atoms with van der Waals surface area (Å²) < 4.78 is 11.0. The molecule has 0 bridgehead atoms. The van der Waals surface area contributed by atoms with E-state index in [-0.39, 0.29) is 18.1 Å². The van der Waals surface area contributed by atoms with Crippen molar-refractivity contribution < 1.29 is 14.3 Å². The summed E-state index contributed by atoms with van der Waals surface area (Å²) in [5.41, 5.74) is 7.97. The van der Waals surface area contributed by atoms with E-state index in [4.69, 9.17) is 15.2 Å². The maximum absolute atomic E-state index is 12.2. The Labute approximate surface area is 143 Å². The van der Waals surface area contributed by atoms with Gasteiger partial charge >= 0.3 is 0 Å². The summed E-state index contributed by atoms with van der Waals surface area (Å²) >= 11 is 0. The van der Waals surface area contributed by atoms with Gasteiger partial charge in [0.1, 0.15) is 6.10 Å². The van der Waals surface area contributed by atoms with Crippen molar-refractivity contribution in [2.75, 3.05) is 32.8 Å². The summed E-state index contributed by atoms with van der Waals surface area (Å²) in [6.07, 6.45) is 1.29. The lowest BCUT2D eigenvalue weighted by Crippen LogP contribution is -2.36. The second kappa shape index (κ2) is 8.58. The predicted octanol–water partition coefficient (Wildman–Crippen LogP) is 0.641. The highest BCUT2D eigenvalue weighted by Gasteiger charge is 2.29. The van der Waals surface area contributed by atoms with Gasteiger partial charge in [0.15, 0.2) is 0 Å². The topological polar surface area (TPSA) is 76.8 Å². The quantitative estimate of drug-likeness (QED) is 0.799. The zero-order valence-electron chi connectivity index (χ0n) is 14.1. The Bertz CT molecular complexity index is 546. The molecular formula is C18H27N3O3. The summed E-state index contributed by atoms with van der Waals surface area (Å²) in [4.78, 5) is 14.6. The molecule has 0 unspecified atom stereocenters. The van der Waals surface area contributed by atoms with Crippen molar-refractivity contribution in [1.29, 1.82) is 0 Å². The third kappa shape index (κ3) is 4.77. The first-order valence-corrected chi connectivity index (χ1v) is 8.76. The fraction of sp³-hybridized carbons (Fsp3) is 0.611. The number of benzene rings is 1. The van der Waals surface area contributed by atoms with Gasteiger partial charge in [-0.2, -0.15) is 0 Å². The van der Waals surface area contributed by atoms with Crippen LogP contribution in [0.3, 0.4) is 0 Å². The minimum atomic E-state index is -0.352. The van der Waals surface area contributed by atoms with Crippen molar-refractivity contribution in [3.63, 3.8) is 0 Å². The molecular weight excluding hydrogens is 306 g/mol. The van der Waals surface area contributed by atoms with Crippen LogP contribution in [0.15, 0.2) is 24.3 Å². The maximum atomic E-state index is 12.2. The van der Waals surface area contributed by atoms with Crippen molar-refractivity contribution in [1.82, 2.24) is 10.2 Å². The van der Waals surface area contributed by atoms with Crippen LogP contribution in [0.5, 0.6) is 0 Å². The molecule has 1 aromatic rings. The fourth-order valence-corrected chi connectivity index (χ4v) is 3.23. The number of hydrogen-bond donors (Lipinski definition) is 2. The molecule has 1 aromatic carbocycles. The zero-order valence-corrected chi connectivity index (χ0v) is 14.1. The van der Waals surface area contributed by atoms with E-state index in [2.05, 4.69) is 22.3 Å². The fourth-order valence-electron chi connectivity index (χ4n) is 3.23. The summed E-state index contributed by atoms with van der Waals surface area (Å²) in [7, 11) is 0. The SMILES string of the molecule is NC[C@H]1CC[C@@H](C(=O)NCc2cccc(CN3CCOCC3)c2)O1. The average Bonchev–Trinajstić information content (AvgIpc) is 3.10. The first-order chi connectivity index (χ1) is 11.7. The highest BCUT2D eigenvalue weighted by molar-refractivity contribution is 5.81. The highest BCUT2D eigenvalue weighted by atomic mass is 16.5. The lowest BCUT2D eigenvalue weighted by molar-refractivity contribution is -0.132. The Morgan fingerprint density at radius 2 is 2.04 bits per heavy atom. The molecule has 2 atom stereocenters. The smallest absolute Gasteiger partial charge is 0.249 e. The number of carbonyl (C=O) groups is 1. The van der Waals surface area contributed by atoms with Crippen LogP contribution in [0.25, 0.3) is 0 Å². The van der Waals surface area contributed by atoms with Crippen molar-refractivity contribution in [3.05, 3.63) is 35.4 Å². The van der Waals surface area contributed by atoms with E-state index in [0.29, 0.717) is 13.1 Å². The molecule has 2 fully saturated rings. The Kier molecular flexibility index (Phi) is 6.20. The van der Waals surface area contributed by atoms with Crippen LogP contribution < -0.4 is 11.1 Å². The van der Waals surface area contributed by atoms with Gasteiger partial charge in [-0.05, 0) is 24.0 Å². The van der Waals surface area contributed by atoms with Gasteiger partial charge in [0.2, 0.25) is 5.91 Å². The molecule has 1 amide bonds. The Balaban J connectivity index is 1.48. The monoisotopic (exact) mass is 333 g/mol. The molecule has 24 heavy (non-hydrogen) atoms. The molecule has 2 aliphatic heterocycles. The molecule has 132 valence electrons. The lowest BCUT2D eigenvalue weighted by Gasteiger charge is -2.26. The van der Waals surface area contributed by atoms with E-state index >= 15 is 0 Å². The second-order valence-electron chi connectivity index (χ2n) is 6.49.